The Morgan fingerprint density at radius 2 is 1.62 bits per heavy atom. The molecule has 1 rings (SSSR count). The van der Waals surface area contributed by atoms with Crippen molar-refractivity contribution in [3.63, 3.8) is 0 Å². The van der Waals surface area contributed by atoms with Gasteiger partial charge in [-0.25, -0.2) is 0 Å². The SMILES string of the molecule is CC1CCC(C)(CC(F)(F)F)N1CC(F)(F)F.O=[P+](O)O. The van der Waals surface area contributed by atoms with Crippen molar-refractivity contribution in [2.45, 2.75) is 57.0 Å². The molecule has 2 N–H and O–H groups in total. The highest BCUT2D eigenvalue weighted by molar-refractivity contribution is 7.30. The Labute approximate surface area is 118 Å². The van der Waals surface area contributed by atoms with Gasteiger partial charge in [0, 0.05) is 16.1 Å². The molecule has 0 aromatic rings. The molecule has 0 aromatic carbocycles. The molecule has 4 nitrogen and oxygen atoms in total. The predicted molar refractivity (Wildman–Crippen MR) is 62.6 cm³/mol. The summed E-state index contributed by atoms with van der Waals surface area (Å²) >= 11 is 0. The summed E-state index contributed by atoms with van der Waals surface area (Å²) in [5, 5.41) is 0. The van der Waals surface area contributed by atoms with E-state index in [0.717, 1.165) is 4.90 Å². The van der Waals surface area contributed by atoms with Crippen molar-refractivity contribution < 1.29 is 40.7 Å². The molecule has 0 aromatic heterocycles. The summed E-state index contributed by atoms with van der Waals surface area (Å²) in [7, 11) is -2.87. The summed E-state index contributed by atoms with van der Waals surface area (Å²) in [5.41, 5.74) is -1.44. The van der Waals surface area contributed by atoms with E-state index < -0.39 is 45.2 Å². The molecule has 0 amide bonds. The largest absolute Gasteiger partial charge is 0.692 e. The fourth-order valence-electron chi connectivity index (χ4n) is 2.51. The lowest BCUT2D eigenvalue weighted by Crippen LogP contribution is -2.50. The van der Waals surface area contributed by atoms with Gasteiger partial charge in [0.2, 0.25) is 0 Å². The van der Waals surface area contributed by atoms with Crippen molar-refractivity contribution in [1.82, 2.24) is 4.90 Å². The molecule has 126 valence electrons. The number of hydrogen-bond acceptors (Lipinski definition) is 2. The van der Waals surface area contributed by atoms with E-state index in [1.807, 2.05) is 0 Å². The van der Waals surface area contributed by atoms with E-state index in [-0.39, 0.29) is 6.42 Å². The van der Waals surface area contributed by atoms with Gasteiger partial charge in [-0.3, -0.25) is 4.90 Å². The Kier molecular flexibility index (Phi) is 7.06. The molecule has 1 heterocycles. The molecule has 0 aliphatic carbocycles. The summed E-state index contributed by atoms with van der Waals surface area (Å²) in [6.45, 7) is 1.52. The number of likely N-dealkylation sites (tertiary alicyclic amines) is 1. The first-order valence-corrected chi connectivity index (χ1v) is 7.08. The summed E-state index contributed by atoms with van der Waals surface area (Å²) in [4.78, 5) is 15.2. The van der Waals surface area contributed by atoms with Crippen LogP contribution in [0.2, 0.25) is 0 Å². The molecule has 0 radical (unpaired) electrons. The normalized spacial score (nSPS) is 27.2. The molecular formula is C10H17F6NO3P+. The van der Waals surface area contributed by atoms with Gasteiger partial charge in [0.1, 0.15) is 0 Å². The Morgan fingerprint density at radius 3 is 1.95 bits per heavy atom. The maximum atomic E-state index is 12.4. The van der Waals surface area contributed by atoms with E-state index >= 15 is 0 Å². The van der Waals surface area contributed by atoms with Crippen molar-refractivity contribution in [1.29, 1.82) is 0 Å². The van der Waals surface area contributed by atoms with Crippen molar-refractivity contribution >= 4 is 8.25 Å². The molecule has 0 bridgehead atoms. The molecular weight excluding hydrogens is 327 g/mol. The van der Waals surface area contributed by atoms with Gasteiger partial charge in [0.15, 0.2) is 0 Å². The number of rotatable bonds is 2. The average molecular weight is 344 g/mol. The summed E-state index contributed by atoms with van der Waals surface area (Å²) in [5.74, 6) is 0. The van der Waals surface area contributed by atoms with E-state index in [1.165, 1.54) is 13.8 Å². The van der Waals surface area contributed by atoms with E-state index in [0.29, 0.717) is 6.42 Å². The van der Waals surface area contributed by atoms with Gasteiger partial charge in [0.05, 0.1) is 13.0 Å². The molecule has 2 atom stereocenters. The minimum absolute atomic E-state index is 0.143. The molecule has 11 heteroatoms. The van der Waals surface area contributed by atoms with Gasteiger partial charge in [0.25, 0.3) is 0 Å². The average Bonchev–Trinajstić information content (AvgIpc) is 2.40. The number of alkyl halides is 6. The van der Waals surface area contributed by atoms with Crippen LogP contribution in [0, 0.1) is 0 Å². The van der Waals surface area contributed by atoms with Crippen LogP contribution in [0.1, 0.15) is 33.1 Å². The van der Waals surface area contributed by atoms with Crippen LogP contribution in [0.15, 0.2) is 0 Å². The van der Waals surface area contributed by atoms with Crippen molar-refractivity contribution in [2.75, 3.05) is 6.54 Å². The maximum absolute atomic E-state index is 12.4. The lowest BCUT2D eigenvalue weighted by Gasteiger charge is -2.38. The summed E-state index contributed by atoms with van der Waals surface area (Å²) in [6, 6.07) is -0.469. The van der Waals surface area contributed by atoms with Gasteiger partial charge in [-0.2, -0.15) is 26.3 Å². The first-order chi connectivity index (χ1) is 9.16. The highest BCUT2D eigenvalue weighted by atomic mass is 31.1. The van der Waals surface area contributed by atoms with Gasteiger partial charge in [-0.15, -0.1) is 9.79 Å². The molecule has 1 saturated heterocycles. The third-order valence-corrected chi connectivity index (χ3v) is 3.26. The maximum Gasteiger partial charge on any atom is 0.692 e. The van der Waals surface area contributed by atoms with Crippen LogP contribution in [0.5, 0.6) is 0 Å². The van der Waals surface area contributed by atoms with Gasteiger partial charge in [-0.1, -0.05) is 0 Å². The van der Waals surface area contributed by atoms with Crippen LogP contribution in [0.25, 0.3) is 0 Å². The van der Waals surface area contributed by atoms with Crippen LogP contribution in [-0.2, 0) is 4.57 Å². The molecule has 21 heavy (non-hydrogen) atoms. The van der Waals surface area contributed by atoms with E-state index in [1.54, 1.807) is 0 Å². The number of nitrogens with zero attached hydrogens (tertiary/aromatic N) is 1. The Balaban J connectivity index is 0.000000885. The van der Waals surface area contributed by atoms with E-state index in [2.05, 4.69) is 0 Å². The van der Waals surface area contributed by atoms with Gasteiger partial charge >= 0.3 is 20.6 Å². The first kappa shape index (κ1) is 20.6. The summed E-state index contributed by atoms with van der Waals surface area (Å²) < 4.78 is 82.8. The van der Waals surface area contributed by atoms with Crippen LogP contribution in [-0.4, -0.2) is 45.2 Å². The van der Waals surface area contributed by atoms with Crippen molar-refractivity contribution in [3.8, 4) is 0 Å². The zero-order valence-corrected chi connectivity index (χ0v) is 12.3. The standard InChI is InChI=1S/C10H15F6N.HO3P/c1-7-3-4-8(2,5-9(11,12)13)17(7)6-10(14,15)16;1-4(2)3/h7H,3-6H2,1-2H3;(H-,1,2,3)/p+1. The Hall–Kier alpha value is -0.440. The van der Waals surface area contributed by atoms with Crippen LogP contribution < -0.4 is 0 Å². The van der Waals surface area contributed by atoms with Crippen molar-refractivity contribution in [3.05, 3.63) is 0 Å². The molecule has 1 fully saturated rings. The fraction of sp³-hybridized carbons (Fsp3) is 1.00. The minimum atomic E-state index is -4.47. The van der Waals surface area contributed by atoms with Crippen LogP contribution in [0.3, 0.4) is 0 Å². The second kappa shape index (κ2) is 7.21. The van der Waals surface area contributed by atoms with Crippen LogP contribution in [0.4, 0.5) is 26.3 Å². The Morgan fingerprint density at radius 1 is 1.19 bits per heavy atom. The summed E-state index contributed by atoms with van der Waals surface area (Å²) in [6.07, 6.45) is -9.60. The van der Waals surface area contributed by atoms with Crippen LogP contribution >= 0.6 is 8.25 Å². The molecule has 2 unspecified atom stereocenters. The van der Waals surface area contributed by atoms with E-state index in [4.69, 9.17) is 14.4 Å². The second-order valence-electron chi connectivity index (χ2n) is 5.17. The lowest BCUT2D eigenvalue weighted by atomic mass is 9.94. The molecule has 0 saturated carbocycles. The molecule has 0 spiro atoms. The third kappa shape index (κ3) is 8.55. The van der Waals surface area contributed by atoms with Gasteiger partial charge in [-0.05, 0) is 26.7 Å². The third-order valence-electron chi connectivity index (χ3n) is 3.26. The molecule has 1 aliphatic heterocycles. The molecule has 1 aliphatic rings. The quantitative estimate of drug-likeness (QED) is 0.596. The predicted octanol–water partition coefficient (Wildman–Crippen LogP) is 3.37. The Bertz CT molecular complexity index is 358. The number of hydrogen-bond donors (Lipinski definition) is 2. The zero-order valence-electron chi connectivity index (χ0n) is 11.4. The smallest absolute Gasteiger partial charge is 0.286 e. The minimum Gasteiger partial charge on any atom is -0.286 e. The topological polar surface area (TPSA) is 60.8 Å². The van der Waals surface area contributed by atoms with Gasteiger partial charge < -0.3 is 0 Å². The second-order valence-corrected chi connectivity index (χ2v) is 5.68. The van der Waals surface area contributed by atoms with E-state index in [9.17, 15) is 26.3 Å². The van der Waals surface area contributed by atoms with Crippen molar-refractivity contribution in [2.24, 2.45) is 0 Å². The monoisotopic (exact) mass is 344 g/mol. The first-order valence-electron chi connectivity index (χ1n) is 5.91. The number of halogens is 6. The highest BCUT2D eigenvalue weighted by Crippen LogP contribution is 2.42. The lowest BCUT2D eigenvalue weighted by molar-refractivity contribution is -0.185. The highest BCUT2D eigenvalue weighted by Gasteiger charge is 2.50. The fourth-order valence-corrected chi connectivity index (χ4v) is 2.51. The zero-order chi connectivity index (χ0) is 17.1.